The molecule has 0 fully saturated rings. The van der Waals surface area contributed by atoms with Gasteiger partial charge in [-0.15, -0.1) is 0 Å². The number of hydrogen-bond donors (Lipinski definition) is 0. The normalized spacial score (nSPS) is 13.1. The molecule has 0 atom stereocenters. The van der Waals surface area contributed by atoms with Gasteiger partial charge in [-0.1, -0.05) is 40.2 Å². The number of ketones is 1. The molecule has 1 aliphatic carbocycles. The van der Waals surface area contributed by atoms with E-state index in [2.05, 4.69) is 28.1 Å². The number of carbonyl (C=O) groups excluding carboxylic acids is 1. The van der Waals surface area contributed by atoms with Crippen LogP contribution in [-0.2, 0) is 12.8 Å². The smallest absolute Gasteiger partial charge is 0.201 e. The molecule has 0 saturated carbocycles. The van der Waals surface area contributed by atoms with Gasteiger partial charge in [0.25, 0.3) is 0 Å². The fourth-order valence-electron chi connectivity index (χ4n) is 2.55. The number of fused-ring (bicyclic) bond motifs is 1. The van der Waals surface area contributed by atoms with Crippen molar-refractivity contribution < 1.29 is 9.53 Å². The van der Waals surface area contributed by atoms with Gasteiger partial charge in [0.05, 0.1) is 0 Å². The van der Waals surface area contributed by atoms with E-state index >= 15 is 0 Å². The zero-order valence-electron chi connectivity index (χ0n) is 11.1. The highest BCUT2D eigenvalue weighted by atomic mass is 79.9. The van der Waals surface area contributed by atoms with Crippen LogP contribution in [0.5, 0.6) is 5.75 Å². The fourth-order valence-corrected chi connectivity index (χ4v) is 3.06. The van der Waals surface area contributed by atoms with Crippen molar-refractivity contribution in [2.24, 2.45) is 0 Å². The van der Waals surface area contributed by atoms with Crippen LogP contribution in [0.25, 0.3) is 0 Å². The number of benzene rings is 2. The van der Waals surface area contributed by atoms with Crippen LogP contribution in [-0.4, -0.2) is 12.4 Å². The lowest BCUT2D eigenvalue weighted by molar-refractivity contribution is 0.0920. The molecule has 2 aromatic carbocycles. The molecule has 0 radical (unpaired) electrons. The molecule has 0 saturated heterocycles. The van der Waals surface area contributed by atoms with Crippen molar-refractivity contribution >= 4 is 21.7 Å². The topological polar surface area (TPSA) is 26.3 Å². The van der Waals surface area contributed by atoms with Crippen LogP contribution in [0.2, 0.25) is 0 Å². The summed E-state index contributed by atoms with van der Waals surface area (Å²) in [4.78, 5) is 12.1. The highest BCUT2D eigenvalue weighted by molar-refractivity contribution is 9.10. The van der Waals surface area contributed by atoms with E-state index in [-0.39, 0.29) is 12.4 Å². The number of hydrogen-bond acceptors (Lipinski definition) is 2. The highest BCUT2D eigenvalue weighted by Gasteiger charge is 2.13. The molecule has 0 amide bonds. The molecule has 102 valence electrons. The van der Waals surface area contributed by atoms with Gasteiger partial charge in [0.15, 0.2) is 6.61 Å². The predicted molar refractivity (Wildman–Crippen MR) is 82.4 cm³/mol. The SMILES string of the molecule is O=C(COc1ccc2c(c1)CCC2)c1ccccc1Br. The van der Waals surface area contributed by atoms with Crippen molar-refractivity contribution in [3.05, 3.63) is 63.6 Å². The molecule has 3 rings (SSSR count). The molecule has 0 unspecified atom stereocenters. The molecule has 0 aliphatic heterocycles. The number of carbonyl (C=O) groups is 1. The third-order valence-corrected chi connectivity index (χ3v) is 4.31. The Bertz CT molecular complexity index is 649. The number of aryl methyl sites for hydroxylation is 2. The molecule has 3 heteroatoms. The van der Waals surface area contributed by atoms with Gasteiger partial charge < -0.3 is 4.74 Å². The van der Waals surface area contributed by atoms with E-state index in [0.717, 1.165) is 23.1 Å². The van der Waals surface area contributed by atoms with Crippen LogP contribution in [0.4, 0.5) is 0 Å². The first-order valence-electron chi connectivity index (χ1n) is 6.76. The predicted octanol–water partition coefficient (Wildman–Crippen LogP) is 4.20. The van der Waals surface area contributed by atoms with Crippen molar-refractivity contribution in [3.63, 3.8) is 0 Å². The zero-order valence-corrected chi connectivity index (χ0v) is 12.7. The van der Waals surface area contributed by atoms with Crippen LogP contribution in [0.15, 0.2) is 46.9 Å². The molecular weight excluding hydrogens is 316 g/mol. The second-order valence-electron chi connectivity index (χ2n) is 4.98. The Morgan fingerprint density at radius 2 is 1.90 bits per heavy atom. The maximum absolute atomic E-state index is 12.1. The van der Waals surface area contributed by atoms with Gasteiger partial charge >= 0.3 is 0 Å². The van der Waals surface area contributed by atoms with E-state index in [1.165, 1.54) is 17.5 Å². The monoisotopic (exact) mass is 330 g/mol. The number of Topliss-reactive ketones (excluding diaryl/α,β-unsaturated/α-hetero) is 1. The molecule has 0 N–H and O–H groups in total. The van der Waals surface area contributed by atoms with E-state index in [1.807, 2.05) is 24.3 Å². The van der Waals surface area contributed by atoms with Crippen LogP contribution in [0, 0.1) is 0 Å². The summed E-state index contributed by atoms with van der Waals surface area (Å²) in [5, 5.41) is 0. The zero-order chi connectivity index (χ0) is 13.9. The largest absolute Gasteiger partial charge is 0.485 e. The van der Waals surface area contributed by atoms with Crippen LogP contribution in [0.1, 0.15) is 27.9 Å². The average Bonchev–Trinajstić information content (AvgIpc) is 2.92. The van der Waals surface area contributed by atoms with Crippen molar-refractivity contribution in [2.45, 2.75) is 19.3 Å². The minimum Gasteiger partial charge on any atom is -0.485 e. The maximum Gasteiger partial charge on any atom is 0.201 e. The average molecular weight is 331 g/mol. The van der Waals surface area contributed by atoms with Crippen LogP contribution in [0.3, 0.4) is 0 Å². The van der Waals surface area contributed by atoms with Gasteiger partial charge in [-0.2, -0.15) is 0 Å². The summed E-state index contributed by atoms with van der Waals surface area (Å²) < 4.78 is 6.44. The second kappa shape index (κ2) is 5.80. The lowest BCUT2D eigenvalue weighted by Gasteiger charge is -2.08. The molecule has 0 bridgehead atoms. The molecule has 1 aliphatic rings. The maximum atomic E-state index is 12.1. The van der Waals surface area contributed by atoms with E-state index < -0.39 is 0 Å². The molecule has 0 spiro atoms. The van der Waals surface area contributed by atoms with Crippen molar-refractivity contribution in [3.8, 4) is 5.75 Å². The Hall–Kier alpha value is -1.61. The van der Waals surface area contributed by atoms with Gasteiger partial charge in [-0.05, 0) is 48.6 Å². The minimum absolute atomic E-state index is 0.0158. The quantitative estimate of drug-likeness (QED) is 0.785. The first kappa shape index (κ1) is 13.4. The number of halogens is 1. The summed E-state index contributed by atoms with van der Waals surface area (Å²) in [5.41, 5.74) is 3.43. The van der Waals surface area contributed by atoms with Gasteiger partial charge in [0.2, 0.25) is 5.78 Å². The summed E-state index contributed by atoms with van der Waals surface area (Å²) in [7, 11) is 0. The minimum atomic E-state index is -0.0158. The van der Waals surface area contributed by atoms with Gasteiger partial charge in [0.1, 0.15) is 5.75 Å². The summed E-state index contributed by atoms with van der Waals surface area (Å²) in [6.07, 6.45) is 3.49. The van der Waals surface area contributed by atoms with Crippen LogP contribution >= 0.6 is 15.9 Å². The molecule has 0 aromatic heterocycles. The Kier molecular flexibility index (Phi) is 3.88. The number of ether oxygens (including phenoxy) is 1. The Labute approximate surface area is 126 Å². The van der Waals surface area contributed by atoms with E-state index in [9.17, 15) is 4.79 Å². The number of rotatable bonds is 4. The lowest BCUT2D eigenvalue weighted by Crippen LogP contribution is -2.12. The van der Waals surface area contributed by atoms with E-state index in [4.69, 9.17) is 4.74 Å². The van der Waals surface area contributed by atoms with Crippen molar-refractivity contribution in [1.29, 1.82) is 0 Å². The summed E-state index contributed by atoms with van der Waals surface area (Å²) >= 11 is 3.39. The lowest BCUT2D eigenvalue weighted by atomic mass is 10.1. The Morgan fingerprint density at radius 3 is 2.75 bits per heavy atom. The molecule has 2 aromatic rings. The first-order chi connectivity index (χ1) is 9.74. The standard InChI is InChI=1S/C17H15BrO2/c18-16-7-2-1-6-15(16)17(19)11-20-14-9-8-12-4-3-5-13(12)10-14/h1-2,6-10H,3-5,11H2. The van der Waals surface area contributed by atoms with Crippen molar-refractivity contribution in [1.82, 2.24) is 0 Å². The molecule has 0 heterocycles. The van der Waals surface area contributed by atoms with E-state index in [1.54, 1.807) is 6.07 Å². The van der Waals surface area contributed by atoms with Gasteiger partial charge in [-0.3, -0.25) is 4.79 Å². The summed E-state index contributed by atoms with van der Waals surface area (Å²) in [6.45, 7) is 0.0708. The molecule has 2 nitrogen and oxygen atoms in total. The third kappa shape index (κ3) is 2.78. The summed E-state index contributed by atoms with van der Waals surface area (Å²) in [6, 6.07) is 13.5. The van der Waals surface area contributed by atoms with Gasteiger partial charge in [-0.25, -0.2) is 0 Å². The fraction of sp³-hybridized carbons (Fsp3) is 0.235. The third-order valence-electron chi connectivity index (χ3n) is 3.61. The van der Waals surface area contributed by atoms with Crippen LogP contribution < -0.4 is 4.74 Å². The van der Waals surface area contributed by atoms with Crippen molar-refractivity contribution in [2.75, 3.05) is 6.61 Å². The molecule has 20 heavy (non-hydrogen) atoms. The Balaban J connectivity index is 1.68. The Morgan fingerprint density at radius 1 is 1.10 bits per heavy atom. The second-order valence-corrected chi connectivity index (χ2v) is 5.83. The van der Waals surface area contributed by atoms with Gasteiger partial charge in [0, 0.05) is 10.0 Å². The first-order valence-corrected chi connectivity index (χ1v) is 7.55. The summed E-state index contributed by atoms with van der Waals surface area (Å²) in [5.74, 6) is 0.768. The highest BCUT2D eigenvalue weighted by Crippen LogP contribution is 2.26. The van der Waals surface area contributed by atoms with E-state index in [0.29, 0.717) is 5.56 Å². The molecular formula is C17H15BrO2.